The van der Waals surface area contributed by atoms with Crippen molar-refractivity contribution in [3.05, 3.63) is 21.9 Å². The van der Waals surface area contributed by atoms with Gasteiger partial charge in [-0.3, -0.25) is 0 Å². The zero-order valence-corrected chi connectivity index (χ0v) is 10.4. The Morgan fingerprint density at radius 2 is 2.31 bits per heavy atom. The predicted molar refractivity (Wildman–Crippen MR) is 63.0 cm³/mol. The van der Waals surface area contributed by atoms with Gasteiger partial charge in [-0.15, -0.1) is 11.3 Å². The maximum absolute atomic E-state index is 13.8. The van der Waals surface area contributed by atoms with Crippen molar-refractivity contribution in [2.24, 2.45) is 0 Å². The number of hydrogen-bond acceptors (Lipinski definition) is 3. The van der Waals surface area contributed by atoms with Gasteiger partial charge in [0.05, 0.1) is 10.2 Å². The van der Waals surface area contributed by atoms with E-state index in [-0.39, 0.29) is 11.4 Å². The zero-order chi connectivity index (χ0) is 11.5. The maximum Gasteiger partial charge on any atom is 0.184 e. The Morgan fingerprint density at radius 3 is 3.06 bits per heavy atom. The first kappa shape index (κ1) is 10.3. The van der Waals surface area contributed by atoms with Gasteiger partial charge in [-0.1, -0.05) is 11.6 Å². The van der Waals surface area contributed by atoms with E-state index in [0.29, 0.717) is 22.2 Å². The number of thiazole rings is 1. The van der Waals surface area contributed by atoms with Crippen LogP contribution >= 0.6 is 22.9 Å². The number of nitrogens with zero attached hydrogens (tertiary/aromatic N) is 1. The highest BCUT2D eigenvalue weighted by Crippen LogP contribution is 2.43. The van der Waals surface area contributed by atoms with Crippen LogP contribution in [-0.2, 0) is 6.42 Å². The van der Waals surface area contributed by atoms with Crippen LogP contribution < -0.4 is 4.74 Å². The fraction of sp³-hybridized carbons (Fsp3) is 0.364. The van der Waals surface area contributed by atoms with Crippen LogP contribution in [0.2, 0.25) is 4.47 Å². The summed E-state index contributed by atoms with van der Waals surface area (Å²) in [6, 6.07) is 1.39. The van der Waals surface area contributed by atoms with Gasteiger partial charge in [-0.25, -0.2) is 9.37 Å². The number of benzene rings is 1. The summed E-state index contributed by atoms with van der Waals surface area (Å²) in [6.45, 7) is 3.89. The Labute approximate surface area is 101 Å². The molecule has 16 heavy (non-hydrogen) atoms. The average Bonchev–Trinajstić information content (AvgIpc) is 2.65. The van der Waals surface area contributed by atoms with Gasteiger partial charge in [0, 0.05) is 18.1 Å². The van der Waals surface area contributed by atoms with Crippen LogP contribution in [0.5, 0.6) is 5.75 Å². The lowest BCUT2D eigenvalue weighted by molar-refractivity contribution is 0.133. The Bertz CT molecular complexity index is 593. The topological polar surface area (TPSA) is 22.1 Å². The molecule has 0 aliphatic carbocycles. The second-order valence-corrected chi connectivity index (χ2v) is 6.10. The standard InChI is InChI=1S/C11H9ClFNOS/c1-11(2)4-5-8(15-11)6(13)3-7-9(5)16-10(12)14-7/h3H,4H2,1-2H3. The van der Waals surface area contributed by atoms with Crippen LogP contribution in [0.4, 0.5) is 4.39 Å². The minimum absolute atomic E-state index is 0.352. The fourth-order valence-corrected chi connectivity index (χ4v) is 3.19. The van der Waals surface area contributed by atoms with Crippen molar-refractivity contribution in [1.82, 2.24) is 4.98 Å². The van der Waals surface area contributed by atoms with Crippen LogP contribution in [-0.4, -0.2) is 10.6 Å². The van der Waals surface area contributed by atoms with E-state index in [2.05, 4.69) is 4.98 Å². The second kappa shape index (κ2) is 3.08. The lowest BCUT2D eigenvalue weighted by Gasteiger charge is -2.16. The maximum atomic E-state index is 13.8. The molecule has 2 nitrogen and oxygen atoms in total. The lowest BCUT2D eigenvalue weighted by atomic mass is 10.0. The molecule has 3 rings (SSSR count). The minimum atomic E-state index is -0.353. The molecule has 0 spiro atoms. The van der Waals surface area contributed by atoms with Gasteiger partial charge in [0.1, 0.15) is 5.60 Å². The summed E-state index contributed by atoms with van der Waals surface area (Å²) in [6.07, 6.45) is 0.690. The molecule has 1 aliphatic rings. The van der Waals surface area contributed by atoms with E-state index in [1.807, 2.05) is 13.8 Å². The summed E-state index contributed by atoms with van der Waals surface area (Å²) in [5.74, 6) is 0.00728. The van der Waals surface area contributed by atoms with Crippen molar-refractivity contribution in [2.45, 2.75) is 25.9 Å². The molecule has 0 saturated heterocycles. The second-order valence-electron chi connectivity index (χ2n) is 4.52. The van der Waals surface area contributed by atoms with E-state index in [9.17, 15) is 4.39 Å². The van der Waals surface area contributed by atoms with Crippen molar-refractivity contribution in [2.75, 3.05) is 0 Å². The van der Waals surface area contributed by atoms with Crippen LogP contribution in [0.1, 0.15) is 19.4 Å². The Morgan fingerprint density at radius 1 is 1.56 bits per heavy atom. The molecule has 2 heterocycles. The summed E-state index contributed by atoms with van der Waals surface area (Å²) in [7, 11) is 0. The minimum Gasteiger partial charge on any atom is -0.484 e. The highest BCUT2D eigenvalue weighted by molar-refractivity contribution is 7.22. The summed E-state index contributed by atoms with van der Waals surface area (Å²) in [4.78, 5) is 4.09. The molecule has 2 aromatic rings. The van der Waals surface area contributed by atoms with Gasteiger partial charge in [-0.05, 0) is 13.8 Å². The molecule has 1 aliphatic heterocycles. The molecule has 5 heteroatoms. The third-order valence-corrected chi connectivity index (χ3v) is 3.87. The largest absolute Gasteiger partial charge is 0.484 e. The first-order valence-electron chi connectivity index (χ1n) is 4.93. The van der Waals surface area contributed by atoms with Crippen molar-refractivity contribution in [1.29, 1.82) is 0 Å². The number of hydrogen-bond donors (Lipinski definition) is 0. The van der Waals surface area contributed by atoms with Crippen LogP contribution in [0.15, 0.2) is 6.07 Å². The van der Waals surface area contributed by atoms with Gasteiger partial charge < -0.3 is 4.74 Å². The number of fused-ring (bicyclic) bond motifs is 3. The normalized spacial score (nSPS) is 17.5. The number of halogens is 2. The van der Waals surface area contributed by atoms with E-state index in [1.165, 1.54) is 17.4 Å². The lowest BCUT2D eigenvalue weighted by Crippen LogP contribution is -2.24. The van der Waals surface area contributed by atoms with Gasteiger partial charge in [0.2, 0.25) is 0 Å². The first-order chi connectivity index (χ1) is 7.46. The van der Waals surface area contributed by atoms with Crippen LogP contribution in [0.25, 0.3) is 10.2 Å². The molecule has 0 amide bonds. The monoisotopic (exact) mass is 257 g/mol. The number of aromatic nitrogens is 1. The molecule has 0 unspecified atom stereocenters. The van der Waals surface area contributed by atoms with Crippen molar-refractivity contribution >= 4 is 33.2 Å². The van der Waals surface area contributed by atoms with Gasteiger partial charge in [0.15, 0.2) is 16.0 Å². The molecule has 1 aromatic heterocycles. The molecule has 0 fully saturated rings. The average molecular weight is 258 g/mol. The first-order valence-corrected chi connectivity index (χ1v) is 6.12. The molecule has 84 valence electrons. The molecule has 1 aromatic carbocycles. The smallest absolute Gasteiger partial charge is 0.184 e. The third kappa shape index (κ3) is 1.40. The number of ether oxygens (including phenoxy) is 1. The highest BCUT2D eigenvalue weighted by atomic mass is 35.5. The van der Waals surface area contributed by atoms with E-state index < -0.39 is 0 Å². The molecule has 0 bridgehead atoms. The van der Waals surface area contributed by atoms with Crippen LogP contribution in [0, 0.1) is 5.82 Å². The zero-order valence-electron chi connectivity index (χ0n) is 8.80. The summed E-state index contributed by atoms with van der Waals surface area (Å²) >= 11 is 7.23. The molecular weight excluding hydrogens is 249 g/mol. The Balaban J connectivity index is 2.34. The molecule has 0 N–H and O–H groups in total. The van der Waals surface area contributed by atoms with Crippen molar-refractivity contribution < 1.29 is 9.13 Å². The third-order valence-electron chi connectivity index (χ3n) is 2.64. The van der Waals surface area contributed by atoms with Crippen molar-refractivity contribution in [3.8, 4) is 5.75 Å². The Hall–Kier alpha value is -0.870. The molecule has 0 saturated carbocycles. The quantitative estimate of drug-likeness (QED) is 0.716. The summed E-state index contributed by atoms with van der Waals surface area (Å²) in [5.41, 5.74) is 1.16. The van der Waals surface area contributed by atoms with E-state index in [0.717, 1.165) is 10.3 Å². The van der Waals surface area contributed by atoms with Crippen molar-refractivity contribution in [3.63, 3.8) is 0 Å². The SMILES string of the molecule is CC1(C)Cc2c(c(F)cc3nc(Cl)sc23)O1. The molecule has 0 radical (unpaired) electrons. The number of rotatable bonds is 0. The predicted octanol–water partition coefficient (Wildman–Crippen LogP) is 3.80. The van der Waals surface area contributed by atoms with Crippen LogP contribution in [0.3, 0.4) is 0 Å². The van der Waals surface area contributed by atoms with E-state index >= 15 is 0 Å². The molecular formula is C11H9ClFNOS. The Kier molecular flexibility index (Phi) is 1.98. The summed E-state index contributed by atoms with van der Waals surface area (Å²) in [5, 5.41) is 0. The van der Waals surface area contributed by atoms with Gasteiger partial charge in [-0.2, -0.15) is 0 Å². The summed E-state index contributed by atoms with van der Waals surface area (Å²) < 4.78 is 20.7. The highest BCUT2D eigenvalue weighted by Gasteiger charge is 2.34. The molecule has 0 atom stereocenters. The van der Waals surface area contributed by atoms with Gasteiger partial charge in [0.25, 0.3) is 0 Å². The van der Waals surface area contributed by atoms with E-state index in [1.54, 1.807) is 0 Å². The fourth-order valence-electron chi connectivity index (χ4n) is 2.06. The van der Waals surface area contributed by atoms with Gasteiger partial charge >= 0.3 is 0 Å². The van der Waals surface area contributed by atoms with E-state index in [4.69, 9.17) is 16.3 Å².